The number of pyridine rings is 1. The quantitative estimate of drug-likeness (QED) is 0.287. The van der Waals surface area contributed by atoms with Crippen LogP contribution in [0.4, 0.5) is 8.78 Å². The summed E-state index contributed by atoms with van der Waals surface area (Å²) in [5.41, 5.74) is 1.18. The molecule has 0 saturated heterocycles. The molecule has 0 aliphatic heterocycles. The van der Waals surface area contributed by atoms with Crippen LogP contribution in [-0.4, -0.2) is 25.9 Å². The molecule has 3 rings (SSSR count). The number of carbonyl (C=O) groups is 1. The summed E-state index contributed by atoms with van der Waals surface area (Å²) in [7, 11) is 0. The molecule has 1 saturated carbocycles. The van der Waals surface area contributed by atoms with Gasteiger partial charge in [0.25, 0.3) is 0 Å². The van der Waals surface area contributed by atoms with E-state index in [2.05, 4.69) is 17.6 Å². The van der Waals surface area contributed by atoms with Gasteiger partial charge in [0.15, 0.2) is 0 Å². The van der Waals surface area contributed by atoms with Crippen molar-refractivity contribution in [3.05, 3.63) is 42.1 Å². The van der Waals surface area contributed by atoms with Gasteiger partial charge in [0.05, 0.1) is 9.48 Å². The van der Waals surface area contributed by atoms with Gasteiger partial charge in [-0.3, -0.25) is 4.79 Å². The summed E-state index contributed by atoms with van der Waals surface area (Å²) in [5, 5.41) is 10.0. The van der Waals surface area contributed by atoms with Gasteiger partial charge in [-0.25, -0.2) is 13.8 Å². The van der Waals surface area contributed by atoms with Crippen LogP contribution in [0.25, 0.3) is 11.1 Å². The molecule has 8 heteroatoms. The van der Waals surface area contributed by atoms with Crippen LogP contribution >= 0.6 is 36.2 Å². The molecule has 1 aliphatic rings. The first-order chi connectivity index (χ1) is 13.4. The van der Waals surface area contributed by atoms with Crippen LogP contribution in [0, 0.1) is 11.6 Å². The van der Waals surface area contributed by atoms with Gasteiger partial charge in [-0.2, -0.15) is 12.6 Å². The Morgan fingerprint density at radius 2 is 1.96 bits per heavy atom. The Morgan fingerprint density at radius 3 is 2.61 bits per heavy atom. The number of halogens is 2. The molecule has 1 atom stereocenters. The van der Waals surface area contributed by atoms with E-state index in [1.54, 1.807) is 24.0 Å². The Kier molecular flexibility index (Phi) is 7.65. The molecular formula is C20H21F2NO2S3. The molecule has 0 amide bonds. The number of carboxylic acids is 1. The molecule has 0 spiro atoms. The maximum absolute atomic E-state index is 14.7. The van der Waals surface area contributed by atoms with Crippen molar-refractivity contribution in [3.63, 3.8) is 0 Å². The molecule has 1 N–H and O–H groups in total. The zero-order valence-electron chi connectivity index (χ0n) is 15.1. The van der Waals surface area contributed by atoms with E-state index < -0.39 is 22.2 Å². The van der Waals surface area contributed by atoms with Gasteiger partial charge in [-0.05, 0) is 43.0 Å². The summed E-state index contributed by atoms with van der Waals surface area (Å²) in [6, 6.07) is 6.24. The third-order valence-corrected chi connectivity index (χ3v) is 7.58. The molecule has 28 heavy (non-hydrogen) atoms. The van der Waals surface area contributed by atoms with Crippen LogP contribution < -0.4 is 0 Å². The summed E-state index contributed by atoms with van der Waals surface area (Å²) in [6.45, 7) is 0. The summed E-state index contributed by atoms with van der Waals surface area (Å²) in [4.78, 5) is 14.9. The fourth-order valence-electron chi connectivity index (χ4n) is 3.14. The number of hydrogen-bond donors (Lipinski definition) is 2. The van der Waals surface area contributed by atoms with Crippen LogP contribution in [0.5, 0.6) is 0 Å². The van der Waals surface area contributed by atoms with Gasteiger partial charge < -0.3 is 5.11 Å². The minimum atomic E-state index is -0.959. The number of hydrogen-bond acceptors (Lipinski definition) is 5. The third kappa shape index (κ3) is 5.64. The third-order valence-electron chi connectivity index (χ3n) is 4.52. The SMILES string of the molecule is O=C(O)CCC(S)Sc1c(F)cc(-c2cccnc2SC2CCCC2)cc1F. The summed E-state index contributed by atoms with van der Waals surface area (Å²) in [5.74, 6) is -2.30. The Bertz CT molecular complexity index is 821. The average Bonchev–Trinajstić information content (AvgIpc) is 3.16. The molecule has 2 aromatic rings. The van der Waals surface area contributed by atoms with Crippen molar-refractivity contribution >= 4 is 42.1 Å². The van der Waals surface area contributed by atoms with E-state index in [9.17, 15) is 13.6 Å². The fraction of sp³-hybridized carbons (Fsp3) is 0.400. The lowest BCUT2D eigenvalue weighted by atomic mass is 10.1. The van der Waals surface area contributed by atoms with Crippen LogP contribution in [0.15, 0.2) is 40.4 Å². The normalized spacial score (nSPS) is 15.7. The summed E-state index contributed by atoms with van der Waals surface area (Å²) < 4.78 is 28.8. The molecular weight excluding hydrogens is 420 g/mol. The van der Waals surface area contributed by atoms with Crippen molar-refractivity contribution in [2.45, 2.75) is 58.3 Å². The number of benzene rings is 1. The molecule has 1 aliphatic carbocycles. The van der Waals surface area contributed by atoms with Gasteiger partial charge in [-0.15, -0.1) is 23.5 Å². The predicted molar refractivity (Wildman–Crippen MR) is 113 cm³/mol. The van der Waals surface area contributed by atoms with Crippen molar-refractivity contribution in [2.24, 2.45) is 0 Å². The van der Waals surface area contributed by atoms with Gasteiger partial charge in [0.2, 0.25) is 0 Å². The molecule has 1 unspecified atom stereocenters. The van der Waals surface area contributed by atoms with E-state index in [1.165, 1.54) is 25.0 Å². The van der Waals surface area contributed by atoms with E-state index in [-0.39, 0.29) is 17.7 Å². The van der Waals surface area contributed by atoms with Gasteiger partial charge in [-0.1, -0.05) is 18.9 Å². The second-order valence-corrected chi connectivity index (χ2v) is 10.1. The van der Waals surface area contributed by atoms with Gasteiger partial charge >= 0.3 is 5.97 Å². The van der Waals surface area contributed by atoms with E-state index in [0.717, 1.165) is 35.2 Å². The van der Waals surface area contributed by atoms with E-state index in [4.69, 9.17) is 5.11 Å². The van der Waals surface area contributed by atoms with Gasteiger partial charge in [0.1, 0.15) is 16.7 Å². The highest BCUT2D eigenvalue weighted by Gasteiger charge is 2.21. The maximum Gasteiger partial charge on any atom is 0.303 e. The lowest BCUT2D eigenvalue weighted by Crippen LogP contribution is -2.02. The van der Waals surface area contributed by atoms with Crippen molar-refractivity contribution in [1.29, 1.82) is 0 Å². The first kappa shape index (κ1) is 21.5. The molecule has 3 nitrogen and oxygen atoms in total. The Balaban J connectivity index is 1.81. The molecule has 1 aromatic carbocycles. The highest BCUT2D eigenvalue weighted by Crippen LogP contribution is 2.40. The second kappa shape index (κ2) is 9.98. The minimum Gasteiger partial charge on any atom is -0.481 e. The van der Waals surface area contributed by atoms with Crippen LogP contribution in [-0.2, 0) is 4.79 Å². The smallest absolute Gasteiger partial charge is 0.303 e. The molecule has 1 heterocycles. The number of thiol groups is 1. The molecule has 0 bridgehead atoms. The highest BCUT2D eigenvalue weighted by molar-refractivity contribution is 8.10. The number of rotatable bonds is 8. The zero-order valence-corrected chi connectivity index (χ0v) is 17.6. The second-order valence-electron chi connectivity index (χ2n) is 6.65. The van der Waals surface area contributed by atoms with Gasteiger partial charge in [0, 0.05) is 23.4 Å². The lowest BCUT2D eigenvalue weighted by molar-refractivity contribution is -0.137. The Labute approximate surface area is 177 Å². The van der Waals surface area contributed by atoms with E-state index >= 15 is 0 Å². The van der Waals surface area contributed by atoms with Crippen molar-refractivity contribution in [1.82, 2.24) is 4.98 Å². The van der Waals surface area contributed by atoms with Crippen molar-refractivity contribution in [2.75, 3.05) is 0 Å². The molecule has 1 aromatic heterocycles. The number of thioether (sulfide) groups is 2. The summed E-state index contributed by atoms with van der Waals surface area (Å²) >= 11 is 6.82. The van der Waals surface area contributed by atoms with Crippen LogP contribution in [0.2, 0.25) is 0 Å². The van der Waals surface area contributed by atoms with E-state index in [0.29, 0.717) is 10.8 Å². The van der Waals surface area contributed by atoms with Crippen LogP contribution in [0.3, 0.4) is 0 Å². The van der Waals surface area contributed by atoms with Crippen LogP contribution in [0.1, 0.15) is 38.5 Å². The first-order valence-corrected chi connectivity index (χ1v) is 11.4. The highest BCUT2D eigenvalue weighted by atomic mass is 32.2. The number of aromatic nitrogens is 1. The molecule has 0 radical (unpaired) electrons. The number of nitrogens with zero attached hydrogens (tertiary/aromatic N) is 1. The number of aliphatic carboxylic acids is 1. The largest absolute Gasteiger partial charge is 0.481 e. The minimum absolute atomic E-state index is 0.0973. The zero-order chi connectivity index (χ0) is 20.1. The Morgan fingerprint density at radius 1 is 1.29 bits per heavy atom. The first-order valence-electron chi connectivity index (χ1n) is 9.11. The maximum atomic E-state index is 14.7. The lowest BCUT2D eigenvalue weighted by Gasteiger charge is -2.15. The van der Waals surface area contributed by atoms with Crippen molar-refractivity contribution in [3.8, 4) is 11.1 Å². The predicted octanol–water partition coefficient (Wildman–Crippen LogP) is 6.27. The van der Waals surface area contributed by atoms with Crippen molar-refractivity contribution < 1.29 is 18.7 Å². The molecule has 150 valence electrons. The Hall–Kier alpha value is -1.25. The average molecular weight is 442 g/mol. The van der Waals surface area contributed by atoms with E-state index in [1.807, 2.05) is 6.07 Å². The molecule has 1 fully saturated rings. The topological polar surface area (TPSA) is 50.2 Å². The standard InChI is InChI=1S/C20H21F2NO2S3/c21-15-10-12(11-16(22)19(15)28-18(26)8-7-17(24)25)14-6-3-9-23-20(14)27-13-4-1-2-5-13/h3,6,9-11,13,18,26H,1-2,4-5,7-8H2,(H,24,25). The monoisotopic (exact) mass is 441 g/mol. The fourth-order valence-corrected chi connectivity index (χ4v) is 5.75. The summed E-state index contributed by atoms with van der Waals surface area (Å²) in [6.07, 6.45) is 6.51. The number of carboxylic acid groups (broad SMARTS) is 1.